The number of likely N-dealkylation sites (tertiary alicyclic amines) is 1. The number of halogens is 1. The van der Waals surface area contributed by atoms with Gasteiger partial charge in [0.05, 0.1) is 34.6 Å². The van der Waals surface area contributed by atoms with Gasteiger partial charge in [-0.1, -0.05) is 24.2 Å². The molecule has 41 heavy (non-hydrogen) atoms. The summed E-state index contributed by atoms with van der Waals surface area (Å²) in [4.78, 5) is 27.6. The van der Waals surface area contributed by atoms with Crippen LogP contribution in [0.4, 0.5) is 17.2 Å². The molecule has 2 aromatic heterocycles. The number of anilines is 3. The van der Waals surface area contributed by atoms with E-state index in [0.717, 1.165) is 31.7 Å². The Bertz CT molecular complexity index is 1510. The third kappa shape index (κ3) is 7.29. The van der Waals surface area contributed by atoms with E-state index in [4.69, 9.17) is 25.8 Å². The van der Waals surface area contributed by atoms with Gasteiger partial charge >= 0.3 is 0 Å². The summed E-state index contributed by atoms with van der Waals surface area (Å²) in [7, 11) is 1.74. The van der Waals surface area contributed by atoms with E-state index in [1.807, 2.05) is 24.3 Å². The fraction of sp³-hybridized carbons (Fsp3) is 0.267. The number of methoxy groups -OCH3 is 1. The van der Waals surface area contributed by atoms with Crippen molar-refractivity contribution in [2.45, 2.75) is 19.1 Å². The van der Waals surface area contributed by atoms with Crippen LogP contribution in [0.15, 0.2) is 73.7 Å². The molecule has 5 rings (SSSR count). The van der Waals surface area contributed by atoms with Crippen LogP contribution in [0.3, 0.4) is 0 Å². The van der Waals surface area contributed by atoms with Crippen LogP contribution in [0.5, 0.6) is 11.5 Å². The number of carbonyl (C=O) groups is 1. The van der Waals surface area contributed by atoms with Gasteiger partial charge in [0.25, 0.3) is 0 Å². The van der Waals surface area contributed by atoms with Gasteiger partial charge in [-0.15, -0.1) is 0 Å². The van der Waals surface area contributed by atoms with Crippen molar-refractivity contribution < 1.29 is 19.0 Å². The predicted octanol–water partition coefficient (Wildman–Crippen LogP) is 5.22. The van der Waals surface area contributed by atoms with Crippen molar-refractivity contribution >= 4 is 45.6 Å². The average Bonchev–Trinajstić information content (AvgIpc) is 2.96. The second-order valence-corrected chi connectivity index (χ2v) is 9.89. The highest BCUT2D eigenvalue weighted by Gasteiger charge is 2.25. The fourth-order valence-corrected chi connectivity index (χ4v) is 4.61. The van der Waals surface area contributed by atoms with Crippen LogP contribution in [0.2, 0.25) is 5.02 Å². The van der Waals surface area contributed by atoms with Gasteiger partial charge in [0.2, 0.25) is 5.91 Å². The van der Waals surface area contributed by atoms with Gasteiger partial charge < -0.3 is 24.8 Å². The number of nitrogens with zero attached hydrogens (tertiary/aromatic N) is 4. The molecule has 0 saturated carbocycles. The van der Waals surface area contributed by atoms with E-state index in [1.54, 1.807) is 37.6 Å². The smallest absolute Gasteiger partial charge is 0.247 e. The molecule has 1 aliphatic rings. The number of amides is 1. The molecule has 11 heteroatoms. The second-order valence-electron chi connectivity index (χ2n) is 9.48. The normalized spacial score (nSPS) is 13.4. The molecule has 0 spiro atoms. The summed E-state index contributed by atoms with van der Waals surface area (Å²) < 4.78 is 17.2. The zero-order valence-corrected chi connectivity index (χ0v) is 23.4. The Morgan fingerprint density at radius 2 is 2.00 bits per heavy atom. The van der Waals surface area contributed by atoms with Crippen molar-refractivity contribution in [1.82, 2.24) is 19.9 Å². The number of ether oxygens (including phenoxy) is 3. The fourth-order valence-electron chi connectivity index (χ4n) is 4.38. The molecule has 0 bridgehead atoms. The summed E-state index contributed by atoms with van der Waals surface area (Å²) in [6.07, 6.45) is 5.55. The second kappa shape index (κ2) is 13.4. The number of aromatic nitrogens is 3. The van der Waals surface area contributed by atoms with E-state index in [-0.39, 0.29) is 5.91 Å². The van der Waals surface area contributed by atoms with E-state index in [9.17, 15) is 4.79 Å². The Morgan fingerprint density at radius 3 is 2.76 bits per heavy atom. The molecule has 0 radical (unpaired) electrons. The zero-order chi connectivity index (χ0) is 28.6. The van der Waals surface area contributed by atoms with Crippen LogP contribution in [-0.4, -0.2) is 65.2 Å². The van der Waals surface area contributed by atoms with Crippen molar-refractivity contribution in [1.29, 1.82) is 0 Å². The minimum Gasteiger partial charge on any atom is -0.491 e. The van der Waals surface area contributed by atoms with Crippen molar-refractivity contribution in [2.24, 2.45) is 0 Å². The monoisotopic (exact) mass is 574 g/mol. The maximum absolute atomic E-state index is 12.2. The lowest BCUT2D eigenvalue weighted by Gasteiger charge is -2.38. The van der Waals surface area contributed by atoms with Crippen molar-refractivity contribution in [3.8, 4) is 11.5 Å². The number of benzene rings is 2. The molecule has 3 heterocycles. The van der Waals surface area contributed by atoms with Gasteiger partial charge in [0.1, 0.15) is 30.3 Å². The maximum atomic E-state index is 12.2. The quantitative estimate of drug-likeness (QED) is 0.164. The van der Waals surface area contributed by atoms with Crippen LogP contribution in [0.1, 0.15) is 12.1 Å². The van der Waals surface area contributed by atoms with Crippen molar-refractivity contribution in [3.63, 3.8) is 0 Å². The summed E-state index contributed by atoms with van der Waals surface area (Å²) in [6, 6.07) is 14.6. The third-order valence-electron chi connectivity index (χ3n) is 6.61. The van der Waals surface area contributed by atoms with E-state index < -0.39 is 0 Å². The molecule has 10 nitrogen and oxygen atoms in total. The molecule has 0 atom stereocenters. The first kappa shape index (κ1) is 28.3. The highest BCUT2D eigenvalue weighted by Crippen LogP contribution is 2.35. The summed E-state index contributed by atoms with van der Waals surface area (Å²) >= 11 is 6.51. The number of rotatable bonds is 13. The van der Waals surface area contributed by atoms with Crippen molar-refractivity contribution in [3.05, 3.63) is 84.4 Å². The summed E-state index contributed by atoms with van der Waals surface area (Å²) in [5.74, 6) is 1.26. The molecular formula is C30H31ClN6O4. The molecule has 4 aromatic rings. The zero-order valence-electron chi connectivity index (χ0n) is 22.7. The maximum Gasteiger partial charge on any atom is 0.247 e. The molecule has 212 valence electrons. The average molecular weight is 575 g/mol. The molecule has 2 aromatic carbocycles. The molecule has 1 fully saturated rings. The number of pyridine rings is 1. The Kier molecular flexibility index (Phi) is 9.25. The highest BCUT2D eigenvalue weighted by molar-refractivity contribution is 6.32. The van der Waals surface area contributed by atoms with E-state index in [0.29, 0.717) is 63.9 Å². The minimum absolute atomic E-state index is 0.306. The SMILES string of the molecule is C=CC(=O)Nc1cc2c(Nc3ccc(OCc4ccccn4)c(Cl)c3)ncnc2cc1OCCCN1CC(OC)C1. The lowest BCUT2D eigenvalue weighted by Crippen LogP contribution is -2.51. The topological polar surface area (TPSA) is 111 Å². The van der Waals surface area contributed by atoms with Gasteiger partial charge in [-0.2, -0.15) is 0 Å². The Morgan fingerprint density at radius 1 is 1.12 bits per heavy atom. The molecule has 1 aliphatic heterocycles. The third-order valence-corrected chi connectivity index (χ3v) is 6.90. The summed E-state index contributed by atoms with van der Waals surface area (Å²) in [6.45, 7) is 7.13. The first-order valence-electron chi connectivity index (χ1n) is 13.2. The van der Waals surface area contributed by atoms with E-state index >= 15 is 0 Å². The highest BCUT2D eigenvalue weighted by atomic mass is 35.5. The molecule has 1 amide bonds. The molecule has 0 unspecified atom stereocenters. The minimum atomic E-state index is -0.347. The number of fused-ring (bicyclic) bond motifs is 1. The molecular weight excluding hydrogens is 544 g/mol. The van der Waals surface area contributed by atoms with Crippen molar-refractivity contribution in [2.75, 3.05) is 44.0 Å². The lowest BCUT2D eigenvalue weighted by atomic mass is 10.1. The van der Waals surface area contributed by atoms with Crippen LogP contribution in [0.25, 0.3) is 10.9 Å². The number of nitrogens with one attached hydrogen (secondary N) is 2. The Balaban J connectivity index is 1.30. The lowest BCUT2D eigenvalue weighted by molar-refractivity contribution is -0.111. The number of hydrogen-bond acceptors (Lipinski definition) is 9. The van der Waals surface area contributed by atoms with E-state index in [2.05, 4.69) is 37.1 Å². The van der Waals surface area contributed by atoms with Crippen LogP contribution in [-0.2, 0) is 16.1 Å². The summed E-state index contributed by atoms with van der Waals surface area (Å²) in [5, 5.41) is 7.27. The molecule has 1 saturated heterocycles. The Hall–Kier alpha value is -4.25. The van der Waals surface area contributed by atoms with Gasteiger partial charge in [0.15, 0.2) is 0 Å². The molecule has 0 aliphatic carbocycles. The van der Waals surface area contributed by atoms with Crippen LogP contribution < -0.4 is 20.1 Å². The van der Waals surface area contributed by atoms with E-state index in [1.165, 1.54) is 12.4 Å². The predicted molar refractivity (Wildman–Crippen MR) is 159 cm³/mol. The van der Waals surface area contributed by atoms with Gasteiger partial charge in [-0.3, -0.25) is 14.7 Å². The first-order valence-corrected chi connectivity index (χ1v) is 13.6. The van der Waals surface area contributed by atoms with Gasteiger partial charge in [0, 0.05) is 50.1 Å². The number of carbonyl (C=O) groups excluding carboxylic acids is 1. The standard InChI is InChI=1S/C30H31ClN6O4/c1-3-29(38)36-26-14-23-25(15-28(26)40-12-6-11-37-16-22(17-37)39-2)33-19-34-30(23)35-20-8-9-27(24(31)13-20)41-18-21-7-4-5-10-32-21/h3-5,7-10,13-15,19,22H,1,6,11-12,16-18H2,2H3,(H,36,38)(H,33,34,35). The van der Waals surface area contributed by atoms with Gasteiger partial charge in [-0.05, 0) is 48.9 Å². The number of hydrogen-bond donors (Lipinski definition) is 2. The van der Waals surface area contributed by atoms with Crippen LogP contribution in [0, 0.1) is 0 Å². The summed E-state index contributed by atoms with van der Waals surface area (Å²) in [5.41, 5.74) is 2.66. The molecule has 2 N–H and O–H groups in total. The van der Waals surface area contributed by atoms with Gasteiger partial charge in [-0.25, -0.2) is 9.97 Å². The van der Waals surface area contributed by atoms with Crippen LogP contribution >= 0.6 is 11.6 Å². The Labute approximate surface area is 243 Å². The largest absolute Gasteiger partial charge is 0.491 e. The first-order chi connectivity index (χ1) is 20.0.